The van der Waals surface area contributed by atoms with Gasteiger partial charge in [0.15, 0.2) is 0 Å². The molecule has 0 amide bonds. The summed E-state index contributed by atoms with van der Waals surface area (Å²) in [6.07, 6.45) is 4.95. The summed E-state index contributed by atoms with van der Waals surface area (Å²) in [4.78, 5) is 0. The van der Waals surface area contributed by atoms with Crippen LogP contribution in [0.5, 0.6) is 0 Å². The Morgan fingerprint density at radius 2 is 1.83 bits per heavy atom. The summed E-state index contributed by atoms with van der Waals surface area (Å²) in [6.45, 7) is 6.67. The average molecular weight is 304 g/mol. The number of hydrogen-bond acceptors (Lipinski definition) is 1. The highest BCUT2D eigenvalue weighted by Crippen LogP contribution is 2.23. The van der Waals surface area contributed by atoms with E-state index in [1.807, 2.05) is 36.4 Å². The molecule has 0 aromatic heterocycles. The van der Waals surface area contributed by atoms with Crippen LogP contribution in [0.2, 0.25) is 0 Å². The second-order valence-electron chi connectivity index (χ2n) is 5.45. The van der Waals surface area contributed by atoms with Crippen molar-refractivity contribution in [1.29, 1.82) is 0 Å². The van der Waals surface area contributed by atoms with Crippen molar-refractivity contribution in [2.24, 2.45) is 0 Å². The van der Waals surface area contributed by atoms with E-state index in [0.717, 1.165) is 29.5 Å². The summed E-state index contributed by atoms with van der Waals surface area (Å²) in [7, 11) is 0. The van der Waals surface area contributed by atoms with E-state index in [1.54, 1.807) is 0 Å². The Morgan fingerprint density at radius 3 is 2.57 bits per heavy atom. The standard InChI is InChI=1S/C22H24O/c1-3-5-6-10-15-20-16-11-12-17-21(20)22(4-2)23-18-19-13-8-7-9-14-19/h4,7-9,11-14,16-17,22H,2-3,5-6,18H2,1H3. The normalized spacial score (nSPS) is 11.3. The van der Waals surface area contributed by atoms with Gasteiger partial charge < -0.3 is 4.74 Å². The number of unbranched alkanes of at least 4 members (excludes halogenated alkanes) is 2. The third-order valence-electron chi connectivity index (χ3n) is 3.63. The zero-order valence-corrected chi connectivity index (χ0v) is 13.8. The Balaban J connectivity index is 2.10. The Bertz CT molecular complexity index is 661. The van der Waals surface area contributed by atoms with Crippen LogP contribution in [0.1, 0.15) is 49.0 Å². The second-order valence-corrected chi connectivity index (χ2v) is 5.45. The second kappa shape index (κ2) is 9.66. The van der Waals surface area contributed by atoms with Crippen LogP contribution in [-0.2, 0) is 11.3 Å². The molecular weight excluding hydrogens is 280 g/mol. The van der Waals surface area contributed by atoms with Crippen LogP contribution in [-0.4, -0.2) is 0 Å². The van der Waals surface area contributed by atoms with E-state index < -0.39 is 0 Å². The largest absolute Gasteiger partial charge is 0.365 e. The van der Waals surface area contributed by atoms with Gasteiger partial charge in [-0.15, -0.1) is 6.58 Å². The third kappa shape index (κ3) is 5.43. The van der Waals surface area contributed by atoms with Gasteiger partial charge in [-0.25, -0.2) is 0 Å². The topological polar surface area (TPSA) is 9.23 Å². The molecule has 1 atom stereocenters. The van der Waals surface area contributed by atoms with Crippen molar-refractivity contribution >= 4 is 0 Å². The lowest BCUT2D eigenvalue weighted by molar-refractivity contribution is 0.0719. The molecule has 0 aliphatic heterocycles. The van der Waals surface area contributed by atoms with Crippen molar-refractivity contribution in [1.82, 2.24) is 0 Å². The molecule has 2 aromatic carbocycles. The number of hydrogen-bond donors (Lipinski definition) is 0. The molecular formula is C22H24O. The van der Waals surface area contributed by atoms with Crippen LogP contribution in [0.15, 0.2) is 67.3 Å². The van der Waals surface area contributed by atoms with Gasteiger partial charge >= 0.3 is 0 Å². The molecule has 1 unspecified atom stereocenters. The first-order chi connectivity index (χ1) is 11.3. The van der Waals surface area contributed by atoms with Gasteiger partial charge in [-0.1, -0.05) is 79.8 Å². The number of ether oxygens (including phenoxy) is 1. The Kier molecular flexibility index (Phi) is 7.17. The maximum atomic E-state index is 6.05. The highest BCUT2D eigenvalue weighted by Gasteiger charge is 2.11. The fourth-order valence-electron chi connectivity index (χ4n) is 2.33. The molecule has 1 nitrogen and oxygen atoms in total. The van der Waals surface area contributed by atoms with Gasteiger partial charge in [0.1, 0.15) is 6.10 Å². The van der Waals surface area contributed by atoms with Crippen LogP contribution in [0.4, 0.5) is 0 Å². The molecule has 0 heterocycles. The van der Waals surface area contributed by atoms with Crippen LogP contribution in [0.25, 0.3) is 0 Å². The van der Waals surface area contributed by atoms with Gasteiger partial charge in [-0.05, 0) is 18.1 Å². The fraction of sp³-hybridized carbons (Fsp3) is 0.273. The van der Waals surface area contributed by atoms with Crippen molar-refractivity contribution < 1.29 is 4.74 Å². The molecule has 1 heteroatoms. The van der Waals surface area contributed by atoms with Crippen LogP contribution >= 0.6 is 0 Å². The molecule has 0 spiro atoms. The fourth-order valence-corrected chi connectivity index (χ4v) is 2.33. The van der Waals surface area contributed by atoms with Gasteiger partial charge in [0.05, 0.1) is 6.61 Å². The molecule has 118 valence electrons. The molecule has 0 aliphatic carbocycles. The van der Waals surface area contributed by atoms with Crippen LogP contribution in [0, 0.1) is 11.8 Å². The van der Waals surface area contributed by atoms with Gasteiger partial charge in [0.25, 0.3) is 0 Å². The maximum Gasteiger partial charge on any atom is 0.102 e. The quantitative estimate of drug-likeness (QED) is 0.364. The molecule has 23 heavy (non-hydrogen) atoms. The molecule has 0 radical (unpaired) electrons. The molecule has 0 N–H and O–H groups in total. The van der Waals surface area contributed by atoms with Crippen molar-refractivity contribution in [3.8, 4) is 11.8 Å². The maximum absolute atomic E-state index is 6.05. The number of rotatable bonds is 7. The van der Waals surface area contributed by atoms with Gasteiger partial charge in [0.2, 0.25) is 0 Å². The first-order valence-corrected chi connectivity index (χ1v) is 8.21. The van der Waals surface area contributed by atoms with E-state index in [1.165, 1.54) is 6.42 Å². The highest BCUT2D eigenvalue weighted by atomic mass is 16.5. The first kappa shape index (κ1) is 17.1. The SMILES string of the molecule is C=CC(OCc1ccccc1)c1ccccc1C#CCCCC. The van der Waals surface area contributed by atoms with Crippen molar-refractivity contribution in [3.63, 3.8) is 0 Å². The van der Waals surface area contributed by atoms with Crippen LogP contribution < -0.4 is 0 Å². The Hall–Kier alpha value is -2.30. The molecule has 0 saturated heterocycles. The van der Waals surface area contributed by atoms with Gasteiger partial charge in [0, 0.05) is 17.5 Å². The summed E-state index contributed by atoms with van der Waals surface area (Å²) in [6, 6.07) is 18.4. The van der Waals surface area contributed by atoms with E-state index in [2.05, 4.69) is 49.6 Å². The molecule has 0 saturated carbocycles. The lowest BCUT2D eigenvalue weighted by Crippen LogP contribution is -2.04. The Labute approximate surface area is 140 Å². The summed E-state index contributed by atoms with van der Waals surface area (Å²) < 4.78 is 6.05. The number of benzene rings is 2. The summed E-state index contributed by atoms with van der Waals surface area (Å²) >= 11 is 0. The first-order valence-electron chi connectivity index (χ1n) is 8.21. The van der Waals surface area contributed by atoms with E-state index >= 15 is 0 Å². The van der Waals surface area contributed by atoms with E-state index in [0.29, 0.717) is 6.61 Å². The smallest absolute Gasteiger partial charge is 0.102 e. The Morgan fingerprint density at radius 1 is 1.09 bits per heavy atom. The average Bonchev–Trinajstić information content (AvgIpc) is 2.61. The zero-order chi connectivity index (χ0) is 16.3. The van der Waals surface area contributed by atoms with E-state index in [9.17, 15) is 0 Å². The summed E-state index contributed by atoms with van der Waals surface area (Å²) in [5.74, 6) is 6.54. The molecule has 0 fully saturated rings. The summed E-state index contributed by atoms with van der Waals surface area (Å²) in [5.41, 5.74) is 3.27. The molecule has 2 aromatic rings. The molecule has 0 bridgehead atoms. The third-order valence-corrected chi connectivity index (χ3v) is 3.63. The lowest BCUT2D eigenvalue weighted by atomic mass is 10.0. The minimum Gasteiger partial charge on any atom is -0.365 e. The molecule has 0 aliphatic rings. The monoisotopic (exact) mass is 304 g/mol. The summed E-state index contributed by atoms with van der Waals surface area (Å²) in [5, 5.41) is 0. The van der Waals surface area contributed by atoms with Gasteiger partial charge in [-0.3, -0.25) is 0 Å². The van der Waals surface area contributed by atoms with Crippen molar-refractivity contribution in [2.45, 2.75) is 38.9 Å². The van der Waals surface area contributed by atoms with Crippen molar-refractivity contribution in [2.75, 3.05) is 0 Å². The molecule has 2 rings (SSSR count). The zero-order valence-electron chi connectivity index (χ0n) is 13.8. The minimum atomic E-state index is -0.146. The van der Waals surface area contributed by atoms with Crippen LogP contribution in [0.3, 0.4) is 0 Å². The highest BCUT2D eigenvalue weighted by molar-refractivity contribution is 5.43. The van der Waals surface area contributed by atoms with Crippen molar-refractivity contribution in [3.05, 3.63) is 83.9 Å². The van der Waals surface area contributed by atoms with E-state index in [-0.39, 0.29) is 6.10 Å². The lowest BCUT2D eigenvalue weighted by Gasteiger charge is -2.16. The predicted molar refractivity (Wildman–Crippen MR) is 97.0 cm³/mol. The van der Waals surface area contributed by atoms with E-state index in [4.69, 9.17) is 4.74 Å². The minimum absolute atomic E-state index is 0.146. The van der Waals surface area contributed by atoms with Gasteiger partial charge in [-0.2, -0.15) is 0 Å². The predicted octanol–water partition coefficient (Wildman–Crippen LogP) is 5.67.